The standard InChI is InChI=1S/C17H26N2O3S.ClH/c1-13(2)23(21,22)16-9-5-4-8-15(16)17(20)19-10-6-7-14(12-19)11-18-3;/h4-5,8-9,13-14,18H,6-7,10-12H2,1-3H3;1H. The Labute approximate surface area is 151 Å². The van der Waals surface area contributed by atoms with E-state index in [0.29, 0.717) is 24.6 Å². The van der Waals surface area contributed by atoms with Crippen molar-refractivity contribution in [2.24, 2.45) is 5.92 Å². The molecule has 1 fully saturated rings. The van der Waals surface area contributed by atoms with Crippen molar-refractivity contribution in [1.82, 2.24) is 10.2 Å². The molecule has 1 aromatic carbocycles. The molecular weight excluding hydrogens is 348 g/mol. The van der Waals surface area contributed by atoms with Gasteiger partial charge in [0.15, 0.2) is 9.84 Å². The van der Waals surface area contributed by atoms with E-state index in [1.165, 1.54) is 6.07 Å². The highest BCUT2D eigenvalue weighted by Gasteiger charge is 2.29. The van der Waals surface area contributed by atoms with Gasteiger partial charge in [-0.1, -0.05) is 12.1 Å². The molecule has 1 saturated heterocycles. The van der Waals surface area contributed by atoms with Crippen LogP contribution in [-0.4, -0.2) is 51.2 Å². The van der Waals surface area contributed by atoms with Crippen LogP contribution >= 0.6 is 12.4 Å². The molecule has 0 bridgehead atoms. The number of amides is 1. The van der Waals surface area contributed by atoms with Crippen LogP contribution in [0, 0.1) is 5.92 Å². The van der Waals surface area contributed by atoms with Crippen LogP contribution in [-0.2, 0) is 9.84 Å². The zero-order valence-corrected chi connectivity index (χ0v) is 16.1. The molecule has 0 spiro atoms. The molecule has 136 valence electrons. The predicted molar refractivity (Wildman–Crippen MR) is 98.6 cm³/mol. The fraction of sp³-hybridized carbons (Fsp3) is 0.588. The largest absolute Gasteiger partial charge is 0.338 e. The Hall–Kier alpha value is -1.11. The number of carbonyl (C=O) groups is 1. The van der Waals surface area contributed by atoms with E-state index in [0.717, 1.165) is 19.4 Å². The number of halogens is 1. The fourth-order valence-corrected chi connectivity index (χ4v) is 4.26. The van der Waals surface area contributed by atoms with Crippen molar-refractivity contribution < 1.29 is 13.2 Å². The number of rotatable bonds is 5. The minimum absolute atomic E-state index is 0. The topological polar surface area (TPSA) is 66.5 Å². The van der Waals surface area contributed by atoms with Crippen LogP contribution in [0.5, 0.6) is 0 Å². The van der Waals surface area contributed by atoms with Crippen molar-refractivity contribution in [3.8, 4) is 0 Å². The van der Waals surface area contributed by atoms with E-state index >= 15 is 0 Å². The third-order valence-corrected chi connectivity index (χ3v) is 6.55. The van der Waals surface area contributed by atoms with Crippen LogP contribution in [0.2, 0.25) is 0 Å². The van der Waals surface area contributed by atoms with Crippen LogP contribution in [0.25, 0.3) is 0 Å². The molecule has 5 nitrogen and oxygen atoms in total. The van der Waals surface area contributed by atoms with Gasteiger partial charge in [0.1, 0.15) is 0 Å². The van der Waals surface area contributed by atoms with Gasteiger partial charge in [-0.3, -0.25) is 4.79 Å². The zero-order valence-electron chi connectivity index (χ0n) is 14.5. The molecule has 0 aliphatic carbocycles. The Kier molecular flexibility index (Phi) is 7.70. The smallest absolute Gasteiger partial charge is 0.255 e. The number of likely N-dealkylation sites (tertiary alicyclic amines) is 1. The molecule has 1 aromatic rings. The van der Waals surface area contributed by atoms with Gasteiger partial charge in [-0.05, 0) is 58.3 Å². The summed E-state index contributed by atoms with van der Waals surface area (Å²) in [5.41, 5.74) is 0.298. The molecule has 1 aliphatic rings. The summed E-state index contributed by atoms with van der Waals surface area (Å²) in [7, 11) is -1.57. The van der Waals surface area contributed by atoms with Gasteiger partial charge in [0.25, 0.3) is 5.91 Å². The summed E-state index contributed by atoms with van der Waals surface area (Å²) in [4.78, 5) is 14.8. The summed E-state index contributed by atoms with van der Waals surface area (Å²) >= 11 is 0. The Bertz CT molecular complexity index is 660. The summed E-state index contributed by atoms with van der Waals surface area (Å²) < 4.78 is 25.1. The number of sulfone groups is 1. The molecule has 1 aliphatic heterocycles. The lowest BCUT2D eigenvalue weighted by Gasteiger charge is -2.33. The Morgan fingerprint density at radius 3 is 2.62 bits per heavy atom. The molecule has 0 aromatic heterocycles. The summed E-state index contributed by atoms with van der Waals surface area (Å²) in [5.74, 6) is 0.247. The molecule has 1 atom stereocenters. The van der Waals surface area contributed by atoms with Gasteiger partial charge < -0.3 is 10.2 Å². The van der Waals surface area contributed by atoms with Gasteiger partial charge in [-0.15, -0.1) is 12.4 Å². The van der Waals surface area contributed by atoms with E-state index in [-0.39, 0.29) is 23.2 Å². The Morgan fingerprint density at radius 2 is 2.00 bits per heavy atom. The zero-order chi connectivity index (χ0) is 17.0. The summed E-state index contributed by atoms with van der Waals surface area (Å²) in [6.45, 7) is 5.52. The summed E-state index contributed by atoms with van der Waals surface area (Å²) in [6.07, 6.45) is 2.05. The van der Waals surface area contributed by atoms with Crippen LogP contribution in [0.3, 0.4) is 0 Å². The van der Waals surface area contributed by atoms with Crippen LogP contribution in [0.15, 0.2) is 29.2 Å². The van der Waals surface area contributed by atoms with Gasteiger partial charge in [-0.2, -0.15) is 0 Å². The predicted octanol–water partition coefficient (Wildman–Crippen LogP) is 2.36. The molecule has 0 saturated carbocycles. The first-order chi connectivity index (χ1) is 10.9. The van der Waals surface area contributed by atoms with Gasteiger partial charge in [-0.25, -0.2) is 8.42 Å². The van der Waals surface area contributed by atoms with Gasteiger partial charge >= 0.3 is 0 Å². The summed E-state index contributed by atoms with van der Waals surface area (Å²) in [5, 5.41) is 2.61. The maximum absolute atomic E-state index is 12.9. The number of carbonyl (C=O) groups excluding carboxylic acids is 1. The van der Waals surface area contributed by atoms with E-state index in [4.69, 9.17) is 0 Å². The second kappa shape index (κ2) is 8.83. The first-order valence-electron chi connectivity index (χ1n) is 8.14. The number of nitrogens with zero attached hydrogens (tertiary/aromatic N) is 1. The van der Waals surface area contributed by atoms with E-state index in [9.17, 15) is 13.2 Å². The van der Waals surface area contributed by atoms with E-state index in [1.54, 1.807) is 36.9 Å². The first kappa shape index (κ1) is 20.9. The molecule has 1 heterocycles. The second-order valence-corrected chi connectivity index (χ2v) is 8.88. The molecule has 2 rings (SSSR count). The van der Waals surface area contributed by atoms with Crippen LogP contribution in [0.1, 0.15) is 37.0 Å². The number of piperidine rings is 1. The van der Waals surface area contributed by atoms with Crippen LogP contribution < -0.4 is 5.32 Å². The third kappa shape index (κ3) is 4.49. The van der Waals surface area contributed by atoms with Crippen molar-refractivity contribution in [2.75, 3.05) is 26.7 Å². The maximum atomic E-state index is 12.9. The van der Waals surface area contributed by atoms with Gasteiger partial charge in [0, 0.05) is 13.1 Å². The molecule has 1 unspecified atom stereocenters. The van der Waals surface area contributed by atoms with Crippen molar-refractivity contribution in [3.05, 3.63) is 29.8 Å². The highest BCUT2D eigenvalue weighted by atomic mass is 35.5. The number of hydrogen-bond acceptors (Lipinski definition) is 4. The second-order valence-electron chi connectivity index (χ2n) is 6.41. The van der Waals surface area contributed by atoms with E-state index in [1.807, 2.05) is 7.05 Å². The average Bonchev–Trinajstić information content (AvgIpc) is 2.54. The highest BCUT2D eigenvalue weighted by Crippen LogP contribution is 2.24. The van der Waals surface area contributed by atoms with Crippen molar-refractivity contribution in [1.29, 1.82) is 0 Å². The number of benzene rings is 1. The Balaban J connectivity index is 0.00000288. The van der Waals surface area contributed by atoms with Crippen molar-refractivity contribution in [2.45, 2.75) is 36.8 Å². The molecule has 1 amide bonds. The lowest BCUT2D eigenvalue weighted by molar-refractivity contribution is 0.0670. The minimum Gasteiger partial charge on any atom is -0.338 e. The molecular formula is C17H27ClN2O3S. The monoisotopic (exact) mass is 374 g/mol. The lowest BCUT2D eigenvalue weighted by Crippen LogP contribution is -2.43. The third-order valence-electron chi connectivity index (χ3n) is 4.34. The van der Waals surface area contributed by atoms with Gasteiger partial charge in [0.2, 0.25) is 0 Å². The lowest BCUT2D eigenvalue weighted by atomic mass is 9.97. The van der Waals surface area contributed by atoms with Crippen molar-refractivity contribution in [3.63, 3.8) is 0 Å². The van der Waals surface area contributed by atoms with E-state index in [2.05, 4.69) is 5.32 Å². The number of hydrogen-bond donors (Lipinski definition) is 1. The fourth-order valence-electron chi connectivity index (χ4n) is 3.02. The quantitative estimate of drug-likeness (QED) is 0.859. The molecule has 0 radical (unpaired) electrons. The first-order valence-corrected chi connectivity index (χ1v) is 9.69. The average molecular weight is 375 g/mol. The van der Waals surface area contributed by atoms with Crippen molar-refractivity contribution >= 4 is 28.2 Å². The molecule has 24 heavy (non-hydrogen) atoms. The van der Waals surface area contributed by atoms with Gasteiger partial charge in [0.05, 0.1) is 15.7 Å². The van der Waals surface area contributed by atoms with E-state index < -0.39 is 15.1 Å². The minimum atomic E-state index is -3.47. The highest BCUT2D eigenvalue weighted by molar-refractivity contribution is 7.92. The van der Waals surface area contributed by atoms with Crippen LogP contribution in [0.4, 0.5) is 0 Å². The molecule has 7 heteroatoms. The SMILES string of the molecule is CNCC1CCCN(C(=O)c2ccccc2S(=O)(=O)C(C)C)C1.Cl. The molecule has 1 N–H and O–H groups in total. The normalized spacial score (nSPS) is 18.3. The number of nitrogens with one attached hydrogen (secondary N) is 1. The summed E-state index contributed by atoms with van der Waals surface area (Å²) in [6, 6.07) is 6.56. The Morgan fingerprint density at radius 1 is 1.33 bits per heavy atom. The maximum Gasteiger partial charge on any atom is 0.255 e.